The molecule has 1 atom stereocenters. The average molecular weight is 295 g/mol. The number of ether oxygens (including phenoxy) is 3. The summed E-state index contributed by atoms with van der Waals surface area (Å²) >= 11 is 0. The number of nitrogens with one attached hydrogen (secondary N) is 1. The van der Waals surface area contributed by atoms with Crippen LogP contribution in [0.15, 0.2) is 24.3 Å². The largest absolute Gasteiger partial charge is 0.497 e. The predicted molar refractivity (Wildman–Crippen MR) is 81.8 cm³/mol. The van der Waals surface area contributed by atoms with Gasteiger partial charge in [0, 0.05) is 12.5 Å². The Balaban J connectivity index is 2.45. The zero-order valence-corrected chi connectivity index (χ0v) is 13.1. The molecule has 0 spiro atoms. The summed E-state index contributed by atoms with van der Waals surface area (Å²) in [5, 5.41) is 3.18. The Labute approximate surface area is 126 Å². The zero-order valence-electron chi connectivity index (χ0n) is 13.1. The summed E-state index contributed by atoms with van der Waals surface area (Å²) in [6.45, 7) is 5.47. The van der Waals surface area contributed by atoms with Gasteiger partial charge in [-0.3, -0.25) is 4.79 Å². The number of carbonyl (C=O) groups is 1. The number of hydrogen-bond acceptors (Lipinski definition) is 5. The fourth-order valence-electron chi connectivity index (χ4n) is 1.85. The molecule has 0 aliphatic carbocycles. The molecule has 1 aromatic carbocycles. The molecule has 5 heteroatoms. The van der Waals surface area contributed by atoms with Crippen LogP contribution in [-0.2, 0) is 9.53 Å². The Kier molecular flexibility index (Phi) is 8.28. The van der Waals surface area contributed by atoms with E-state index >= 15 is 0 Å². The average Bonchev–Trinajstić information content (AvgIpc) is 2.51. The van der Waals surface area contributed by atoms with Crippen LogP contribution in [0.4, 0.5) is 0 Å². The van der Waals surface area contributed by atoms with Crippen molar-refractivity contribution in [3.63, 3.8) is 0 Å². The molecule has 118 valence electrons. The van der Waals surface area contributed by atoms with E-state index in [4.69, 9.17) is 14.2 Å². The van der Waals surface area contributed by atoms with Crippen molar-refractivity contribution in [1.82, 2.24) is 5.32 Å². The Morgan fingerprint density at radius 1 is 1.29 bits per heavy atom. The topological polar surface area (TPSA) is 56.8 Å². The minimum absolute atomic E-state index is 0.222. The van der Waals surface area contributed by atoms with E-state index in [-0.39, 0.29) is 12.0 Å². The summed E-state index contributed by atoms with van der Waals surface area (Å²) in [7, 11) is 1.62. The Hall–Kier alpha value is -1.75. The van der Waals surface area contributed by atoms with Crippen LogP contribution in [-0.4, -0.2) is 38.9 Å². The lowest BCUT2D eigenvalue weighted by atomic mass is 10.2. The van der Waals surface area contributed by atoms with Crippen molar-refractivity contribution in [3.05, 3.63) is 24.3 Å². The molecule has 0 radical (unpaired) electrons. The number of esters is 1. The van der Waals surface area contributed by atoms with Crippen molar-refractivity contribution >= 4 is 5.97 Å². The lowest BCUT2D eigenvalue weighted by Crippen LogP contribution is -2.39. The van der Waals surface area contributed by atoms with Gasteiger partial charge < -0.3 is 19.5 Å². The van der Waals surface area contributed by atoms with E-state index in [1.54, 1.807) is 7.11 Å². The highest BCUT2D eigenvalue weighted by atomic mass is 16.5. The summed E-state index contributed by atoms with van der Waals surface area (Å²) in [6.07, 6.45) is 1.53. The second-order valence-corrected chi connectivity index (χ2v) is 4.57. The fraction of sp³-hybridized carbons (Fsp3) is 0.562. The Morgan fingerprint density at radius 3 is 2.71 bits per heavy atom. The standard InChI is InChI=1S/C16H25NO4/c1-4-10-17-15(16(18)20-5-2)9-11-21-14-8-6-7-13(12-14)19-3/h6-8,12,15,17H,4-5,9-11H2,1-3H3. The lowest BCUT2D eigenvalue weighted by molar-refractivity contribution is -0.146. The third-order valence-corrected chi connectivity index (χ3v) is 2.93. The smallest absolute Gasteiger partial charge is 0.323 e. The first kappa shape index (κ1) is 17.3. The maximum absolute atomic E-state index is 11.8. The van der Waals surface area contributed by atoms with E-state index in [0.29, 0.717) is 19.6 Å². The van der Waals surface area contributed by atoms with E-state index in [2.05, 4.69) is 12.2 Å². The Morgan fingerprint density at radius 2 is 2.05 bits per heavy atom. The number of benzene rings is 1. The summed E-state index contributed by atoms with van der Waals surface area (Å²) in [4.78, 5) is 11.8. The van der Waals surface area contributed by atoms with Gasteiger partial charge in [-0.2, -0.15) is 0 Å². The van der Waals surface area contributed by atoms with Gasteiger partial charge in [-0.05, 0) is 32.0 Å². The van der Waals surface area contributed by atoms with E-state index in [1.165, 1.54) is 0 Å². The maximum Gasteiger partial charge on any atom is 0.323 e. The Bertz CT molecular complexity index is 422. The highest BCUT2D eigenvalue weighted by molar-refractivity contribution is 5.75. The van der Waals surface area contributed by atoms with Crippen LogP contribution in [0.3, 0.4) is 0 Å². The summed E-state index contributed by atoms with van der Waals surface area (Å²) in [6, 6.07) is 7.08. The van der Waals surface area contributed by atoms with Crippen molar-refractivity contribution in [2.24, 2.45) is 0 Å². The van der Waals surface area contributed by atoms with Crippen LogP contribution in [0.2, 0.25) is 0 Å². The molecular weight excluding hydrogens is 270 g/mol. The van der Waals surface area contributed by atoms with Gasteiger partial charge in [0.05, 0.1) is 20.3 Å². The van der Waals surface area contributed by atoms with Crippen molar-refractivity contribution in [2.75, 3.05) is 26.9 Å². The molecule has 0 saturated carbocycles. The first-order chi connectivity index (χ1) is 10.2. The second-order valence-electron chi connectivity index (χ2n) is 4.57. The molecular formula is C16H25NO4. The van der Waals surface area contributed by atoms with Gasteiger partial charge in [-0.1, -0.05) is 13.0 Å². The normalized spacial score (nSPS) is 11.8. The van der Waals surface area contributed by atoms with Gasteiger partial charge in [0.15, 0.2) is 0 Å². The summed E-state index contributed by atoms with van der Waals surface area (Å²) in [5.41, 5.74) is 0. The molecule has 1 rings (SSSR count). The SMILES string of the molecule is CCCNC(CCOc1cccc(OC)c1)C(=O)OCC. The molecule has 0 fully saturated rings. The molecule has 0 aliphatic rings. The van der Waals surface area contributed by atoms with Gasteiger partial charge in [-0.15, -0.1) is 0 Å². The van der Waals surface area contributed by atoms with Gasteiger partial charge in [0.25, 0.3) is 0 Å². The number of methoxy groups -OCH3 is 1. The van der Waals surface area contributed by atoms with Crippen molar-refractivity contribution in [2.45, 2.75) is 32.7 Å². The molecule has 0 amide bonds. The van der Waals surface area contributed by atoms with Crippen LogP contribution in [0.25, 0.3) is 0 Å². The van der Waals surface area contributed by atoms with E-state index in [0.717, 1.165) is 24.5 Å². The van der Waals surface area contributed by atoms with E-state index < -0.39 is 0 Å². The van der Waals surface area contributed by atoms with Crippen LogP contribution in [0, 0.1) is 0 Å². The highest BCUT2D eigenvalue weighted by Gasteiger charge is 2.18. The van der Waals surface area contributed by atoms with Crippen molar-refractivity contribution in [3.8, 4) is 11.5 Å². The fourth-order valence-corrected chi connectivity index (χ4v) is 1.85. The van der Waals surface area contributed by atoms with Crippen LogP contribution in [0.1, 0.15) is 26.7 Å². The molecule has 1 unspecified atom stereocenters. The molecule has 5 nitrogen and oxygen atoms in total. The van der Waals surface area contributed by atoms with Gasteiger partial charge >= 0.3 is 5.97 Å². The third kappa shape index (κ3) is 6.49. The van der Waals surface area contributed by atoms with Gasteiger partial charge in [0.2, 0.25) is 0 Å². The van der Waals surface area contributed by atoms with Gasteiger partial charge in [-0.25, -0.2) is 0 Å². The third-order valence-electron chi connectivity index (χ3n) is 2.93. The highest BCUT2D eigenvalue weighted by Crippen LogP contribution is 2.19. The van der Waals surface area contributed by atoms with Crippen LogP contribution < -0.4 is 14.8 Å². The molecule has 0 heterocycles. The van der Waals surface area contributed by atoms with Crippen LogP contribution in [0.5, 0.6) is 11.5 Å². The molecule has 0 aromatic heterocycles. The molecule has 0 saturated heterocycles. The maximum atomic E-state index is 11.8. The second kappa shape index (κ2) is 10.0. The minimum atomic E-state index is -0.324. The van der Waals surface area contributed by atoms with Gasteiger partial charge in [0.1, 0.15) is 17.5 Å². The first-order valence-corrected chi connectivity index (χ1v) is 7.38. The zero-order chi connectivity index (χ0) is 15.5. The molecule has 1 aromatic rings. The molecule has 0 bridgehead atoms. The van der Waals surface area contributed by atoms with Crippen molar-refractivity contribution < 1.29 is 19.0 Å². The lowest BCUT2D eigenvalue weighted by Gasteiger charge is -2.17. The van der Waals surface area contributed by atoms with E-state index in [9.17, 15) is 4.79 Å². The van der Waals surface area contributed by atoms with Crippen LogP contribution >= 0.6 is 0 Å². The number of rotatable bonds is 10. The number of carbonyl (C=O) groups excluding carboxylic acids is 1. The monoisotopic (exact) mass is 295 g/mol. The minimum Gasteiger partial charge on any atom is -0.497 e. The molecule has 21 heavy (non-hydrogen) atoms. The molecule has 0 aliphatic heterocycles. The van der Waals surface area contributed by atoms with E-state index in [1.807, 2.05) is 31.2 Å². The predicted octanol–water partition coefficient (Wildman–Crippen LogP) is 2.40. The quantitative estimate of drug-likeness (QED) is 0.672. The molecule has 1 N–H and O–H groups in total. The van der Waals surface area contributed by atoms with Crippen molar-refractivity contribution in [1.29, 1.82) is 0 Å². The number of hydrogen-bond donors (Lipinski definition) is 1. The summed E-state index contributed by atoms with van der Waals surface area (Å²) in [5.74, 6) is 1.26. The first-order valence-electron chi connectivity index (χ1n) is 7.38. The summed E-state index contributed by atoms with van der Waals surface area (Å²) < 4.78 is 15.9.